The van der Waals surface area contributed by atoms with Gasteiger partial charge >= 0.3 is 18.0 Å². The maximum atomic E-state index is 14.5. The number of aliphatic carboxylic acids is 1. The van der Waals surface area contributed by atoms with E-state index in [4.69, 9.17) is 21.3 Å². The Morgan fingerprint density at radius 3 is 2.82 bits per heavy atom. The number of hydrogen-bond acceptors (Lipinski definition) is 9. The van der Waals surface area contributed by atoms with Gasteiger partial charge in [-0.15, -0.1) is 11.3 Å². The van der Waals surface area contributed by atoms with E-state index >= 15 is 0 Å². The lowest BCUT2D eigenvalue weighted by molar-refractivity contribution is -0.147. The first-order chi connectivity index (χ1) is 18.7. The monoisotopic (exact) mass is 576 g/mol. The average Bonchev–Trinajstić information content (AvgIpc) is 3.53. The number of carbonyl (C=O) groups excluding carboxylic acids is 2. The third-order valence-corrected chi connectivity index (χ3v) is 8.14. The number of nitrogens with zero attached hydrogens (tertiary/aromatic N) is 5. The minimum Gasteiger partial charge on any atom is -0.480 e. The Hall–Kier alpha value is -3.55. The number of ether oxygens (including phenoxy) is 1. The zero-order chi connectivity index (χ0) is 27.8. The molecule has 2 fully saturated rings. The third kappa shape index (κ3) is 4.97. The zero-order valence-corrected chi connectivity index (χ0v) is 22.7. The first kappa shape index (κ1) is 27.0. The van der Waals surface area contributed by atoms with Gasteiger partial charge in [-0.2, -0.15) is 0 Å². The largest absolute Gasteiger partial charge is 0.480 e. The van der Waals surface area contributed by atoms with Gasteiger partial charge < -0.3 is 25.0 Å². The quantitative estimate of drug-likeness (QED) is 0.481. The molecule has 3 unspecified atom stereocenters. The van der Waals surface area contributed by atoms with Gasteiger partial charge in [-0.1, -0.05) is 23.7 Å². The van der Waals surface area contributed by atoms with Gasteiger partial charge in [0, 0.05) is 56.1 Å². The number of likely N-dealkylation sites (N-methyl/N-ethyl adjacent to an activating group) is 1. The Bertz CT molecular complexity index is 1370. The van der Waals surface area contributed by atoms with Crippen molar-refractivity contribution in [1.29, 1.82) is 0 Å². The summed E-state index contributed by atoms with van der Waals surface area (Å²) in [5, 5.41) is 15.5. The Labute approximate surface area is 232 Å². The molecule has 4 heterocycles. The Morgan fingerprint density at radius 1 is 1.33 bits per heavy atom. The van der Waals surface area contributed by atoms with Crippen LogP contribution in [-0.2, 0) is 14.3 Å². The number of thiazole rings is 1. The number of amides is 2. The third-order valence-electron chi connectivity index (χ3n) is 6.97. The Morgan fingerprint density at radius 2 is 2.13 bits per heavy atom. The highest BCUT2D eigenvalue weighted by atomic mass is 35.5. The van der Waals surface area contributed by atoms with Gasteiger partial charge in [0.25, 0.3) is 0 Å². The maximum absolute atomic E-state index is 14.5. The van der Waals surface area contributed by atoms with E-state index in [2.05, 4.69) is 10.3 Å². The van der Waals surface area contributed by atoms with Gasteiger partial charge in [0.05, 0.1) is 23.2 Å². The van der Waals surface area contributed by atoms with E-state index in [9.17, 15) is 23.9 Å². The van der Waals surface area contributed by atoms with Crippen LogP contribution in [0.4, 0.5) is 9.18 Å². The molecule has 2 aromatic rings. The molecule has 0 bridgehead atoms. The highest BCUT2D eigenvalue weighted by Crippen LogP contribution is 2.38. The van der Waals surface area contributed by atoms with Crippen LogP contribution in [0.15, 0.2) is 46.0 Å². The van der Waals surface area contributed by atoms with E-state index in [1.54, 1.807) is 41.4 Å². The number of aliphatic imine (C=N–C) groups is 1. The topological polar surface area (TPSA) is 128 Å². The Balaban J connectivity index is 1.60. The van der Waals surface area contributed by atoms with Crippen molar-refractivity contribution in [2.45, 2.75) is 25.0 Å². The highest BCUT2D eigenvalue weighted by Gasteiger charge is 2.49. The van der Waals surface area contributed by atoms with Crippen LogP contribution < -0.4 is 5.32 Å². The lowest BCUT2D eigenvalue weighted by Gasteiger charge is -2.42. The normalized spacial score (nSPS) is 23.4. The number of aromatic nitrogens is 1. The number of esters is 1. The number of amidine groups is 1. The standard InChI is InChI=1S/C25H26ClFN6O5S/c1-3-38-24(36)17-15(11-32-8-9-33-16(20(32)23(34)35)12-31(2)25(33)37)29-21(22-28-7-10-39-22)30-19(17)13-5-4-6-14(27)18(13)26/h4-7,10,16,19-20H,3,8-9,11-12H2,1-2H3,(H,29,30)(H,34,35). The van der Waals surface area contributed by atoms with Crippen LogP contribution in [0.25, 0.3) is 0 Å². The van der Waals surface area contributed by atoms with E-state index in [1.165, 1.54) is 28.4 Å². The van der Waals surface area contributed by atoms with E-state index in [0.29, 0.717) is 23.1 Å². The minimum atomic E-state index is -1.08. The molecule has 3 aliphatic heterocycles. The van der Waals surface area contributed by atoms with Crippen molar-refractivity contribution in [3.63, 3.8) is 0 Å². The van der Waals surface area contributed by atoms with Gasteiger partial charge in [0.2, 0.25) is 0 Å². The second-order valence-electron chi connectivity index (χ2n) is 9.28. The number of carboxylic acid groups (broad SMARTS) is 1. The van der Waals surface area contributed by atoms with Crippen molar-refractivity contribution in [3.05, 3.63) is 62.5 Å². The van der Waals surface area contributed by atoms with Crippen LogP contribution in [0.1, 0.15) is 23.5 Å². The predicted octanol–water partition coefficient (Wildman–Crippen LogP) is 2.35. The van der Waals surface area contributed by atoms with Crippen molar-refractivity contribution in [2.75, 3.05) is 39.8 Å². The molecule has 1 aromatic heterocycles. The van der Waals surface area contributed by atoms with Crippen LogP contribution in [0.2, 0.25) is 5.02 Å². The number of nitrogens with one attached hydrogen (secondary N) is 1. The number of rotatable bonds is 7. The van der Waals surface area contributed by atoms with Gasteiger partial charge in [-0.25, -0.2) is 19.0 Å². The van der Waals surface area contributed by atoms with Crippen LogP contribution in [-0.4, -0.2) is 101 Å². The molecular formula is C25H26ClFN6O5S. The highest BCUT2D eigenvalue weighted by molar-refractivity contribution is 7.11. The van der Waals surface area contributed by atoms with Crippen molar-refractivity contribution >= 4 is 46.7 Å². The van der Waals surface area contributed by atoms with Gasteiger partial charge in [-0.3, -0.25) is 14.7 Å². The van der Waals surface area contributed by atoms with Crippen LogP contribution in [0.5, 0.6) is 0 Å². The van der Waals surface area contributed by atoms with Crippen LogP contribution >= 0.6 is 22.9 Å². The molecule has 0 aliphatic carbocycles. The molecule has 14 heteroatoms. The molecule has 0 radical (unpaired) electrons. The number of halogens is 2. The van der Waals surface area contributed by atoms with Gasteiger partial charge in [0.1, 0.15) is 17.9 Å². The van der Waals surface area contributed by atoms with E-state index in [-0.39, 0.29) is 48.4 Å². The molecule has 11 nitrogen and oxygen atoms in total. The fraction of sp³-hybridized carbons (Fsp3) is 0.400. The lowest BCUT2D eigenvalue weighted by Crippen LogP contribution is -2.62. The summed E-state index contributed by atoms with van der Waals surface area (Å²) in [5.74, 6) is -2.10. The molecule has 39 heavy (non-hydrogen) atoms. The summed E-state index contributed by atoms with van der Waals surface area (Å²) in [4.78, 5) is 52.2. The molecule has 5 rings (SSSR count). The summed E-state index contributed by atoms with van der Waals surface area (Å²) in [5.41, 5.74) is 0.697. The number of fused-ring (bicyclic) bond motifs is 1. The number of carbonyl (C=O) groups is 3. The summed E-state index contributed by atoms with van der Waals surface area (Å²) in [6, 6.07) is 1.43. The summed E-state index contributed by atoms with van der Waals surface area (Å²) in [6.45, 7) is 2.58. The summed E-state index contributed by atoms with van der Waals surface area (Å²) in [7, 11) is 1.64. The number of piperazine rings is 1. The zero-order valence-electron chi connectivity index (χ0n) is 21.1. The van der Waals surface area contributed by atoms with Crippen molar-refractivity contribution in [2.24, 2.45) is 4.99 Å². The van der Waals surface area contributed by atoms with Crippen LogP contribution in [0.3, 0.4) is 0 Å². The molecule has 206 valence electrons. The SMILES string of the molecule is CCOC(=O)C1=C(CN2CCN3C(=O)N(C)CC3C2C(=O)O)NC(c2nccs2)=NC1c1cccc(F)c1Cl. The minimum absolute atomic E-state index is 0.00118. The molecule has 2 N–H and O–H groups in total. The molecule has 2 amide bonds. The lowest BCUT2D eigenvalue weighted by atomic mass is 9.94. The Kier molecular flexibility index (Phi) is 7.56. The molecule has 3 atom stereocenters. The van der Waals surface area contributed by atoms with Crippen molar-refractivity contribution in [1.82, 2.24) is 25.0 Å². The number of hydrogen-bond donors (Lipinski definition) is 2. The molecule has 1 aromatic carbocycles. The van der Waals surface area contributed by atoms with Crippen LogP contribution in [0, 0.1) is 5.82 Å². The molecule has 0 saturated carbocycles. The second kappa shape index (κ2) is 10.9. The fourth-order valence-electron chi connectivity index (χ4n) is 5.25. The summed E-state index contributed by atoms with van der Waals surface area (Å²) in [6.07, 6.45) is 1.60. The summed E-state index contributed by atoms with van der Waals surface area (Å²) >= 11 is 7.67. The van der Waals surface area contributed by atoms with E-state index in [1.807, 2.05) is 0 Å². The predicted molar refractivity (Wildman–Crippen MR) is 141 cm³/mol. The smallest absolute Gasteiger partial charge is 0.338 e. The average molecular weight is 577 g/mol. The number of urea groups is 1. The molecule has 0 spiro atoms. The maximum Gasteiger partial charge on any atom is 0.338 e. The van der Waals surface area contributed by atoms with Gasteiger partial charge in [-0.05, 0) is 13.0 Å². The first-order valence-corrected chi connectivity index (χ1v) is 13.5. The number of benzene rings is 1. The summed E-state index contributed by atoms with van der Waals surface area (Å²) < 4.78 is 19.9. The second-order valence-corrected chi connectivity index (χ2v) is 10.5. The van der Waals surface area contributed by atoms with Crippen molar-refractivity contribution in [3.8, 4) is 0 Å². The van der Waals surface area contributed by atoms with Crippen molar-refractivity contribution < 1.29 is 28.6 Å². The fourth-order valence-corrected chi connectivity index (χ4v) is 6.06. The first-order valence-electron chi connectivity index (χ1n) is 12.3. The number of carboxylic acids is 1. The molecular weight excluding hydrogens is 551 g/mol. The molecule has 3 aliphatic rings. The van der Waals surface area contributed by atoms with E-state index < -0.39 is 35.9 Å². The molecule has 2 saturated heterocycles. The van der Waals surface area contributed by atoms with E-state index in [0.717, 1.165) is 0 Å². The van der Waals surface area contributed by atoms with Gasteiger partial charge in [0.15, 0.2) is 10.8 Å².